The first-order valence-corrected chi connectivity index (χ1v) is 11.1. The Morgan fingerprint density at radius 1 is 1.17 bits per heavy atom. The number of carbonyl (C=O) groups excluding carboxylic acids is 3. The molecule has 1 unspecified atom stereocenters. The quantitative estimate of drug-likeness (QED) is 0.533. The number of nitrogens with zero attached hydrogens (tertiary/aromatic N) is 1. The minimum Gasteiger partial charge on any atom is -0.450 e. The smallest absolute Gasteiger partial charge is 0.409 e. The SMILES string of the molecule is CCOC(=O)N1CCC(NC(=O)C[NH+](C)CC(=O)Nc2ccccc2SC)CC1. The molecule has 29 heavy (non-hydrogen) atoms. The number of nitrogens with one attached hydrogen (secondary N) is 3. The lowest BCUT2D eigenvalue weighted by atomic mass is 10.1. The van der Waals surface area contributed by atoms with Gasteiger partial charge in [-0.2, -0.15) is 0 Å². The third kappa shape index (κ3) is 7.58. The normalized spacial score (nSPS) is 15.5. The molecule has 0 aliphatic carbocycles. The largest absolute Gasteiger partial charge is 0.450 e. The summed E-state index contributed by atoms with van der Waals surface area (Å²) in [5.41, 5.74) is 0.788. The van der Waals surface area contributed by atoms with Crippen molar-refractivity contribution in [1.29, 1.82) is 0 Å². The average Bonchev–Trinajstić information content (AvgIpc) is 2.68. The molecule has 1 fully saturated rings. The number of quaternary nitrogens is 1. The summed E-state index contributed by atoms with van der Waals surface area (Å²) in [4.78, 5) is 39.8. The van der Waals surface area contributed by atoms with Gasteiger partial charge in [-0.15, -0.1) is 11.8 Å². The van der Waals surface area contributed by atoms with E-state index in [4.69, 9.17) is 4.74 Å². The van der Waals surface area contributed by atoms with E-state index >= 15 is 0 Å². The van der Waals surface area contributed by atoms with E-state index in [9.17, 15) is 14.4 Å². The molecule has 1 aliphatic heterocycles. The fraction of sp³-hybridized carbons (Fsp3) is 0.550. The van der Waals surface area contributed by atoms with Crippen LogP contribution in [-0.4, -0.2) is 74.9 Å². The molecule has 8 nitrogen and oxygen atoms in total. The van der Waals surface area contributed by atoms with Gasteiger partial charge in [-0.1, -0.05) is 12.1 Å². The molecule has 160 valence electrons. The highest BCUT2D eigenvalue weighted by molar-refractivity contribution is 7.98. The Morgan fingerprint density at radius 3 is 2.48 bits per heavy atom. The molecule has 0 spiro atoms. The number of carbonyl (C=O) groups is 3. The molecule has 3 amide bonds. The van der Waals surface area contributed by atoms with Crippen molar-refractivity contribution in [3.8, 4) is 0 Å². The van der Waals surface area contributed by atoms with E-state index in [0.29, 0.717) is 32.5 Å². The van der Waals surface area contributed by atoms with Crippen LogP contribution in [0.4, 0.5) is 10.5 Å². The predicted octanol–water partition coefficient (Wildman–Crippen LogP) is 0.599. The number of rotatable bonds is 8. The van der Waals surface area contributed by atoms with Crippen LogP contribution in [0.3, 0.4) is 0 Å². The number of piperidine rings is 1. The summed E-state index contributed by atoms with van der Waals surface area (Å²) < 4.78 is 5.00. The van der Waals surface area contributed by atoms with E-state index < -0.39 is 0 Å². The summed E-state index contributed by atoms with van der Waals surface area (Å²) in [5.74, 6) is -0.214. The molecule has 2 rings (SSSR count). The van der Waals surface area contributed by atoms with Crippen molar-refractivity contribution in [2.24, 2.45) is 0 Å². The molecule has 1 aromatic carbocycles. The van der Waals surface area contributed by atoms with Gasteiger partial charge < -0.3 is 25.2 Å². The molecule has 0 bridgehead atoms. The topological polar surface area (TPSA) is 92.2 Å². The fourth-order valence-electron chi connectivity index (χ4n) is 3.25. The molecular formula is C20H31N4O4S+. The van der Waals surface area contributed by atoms with Crippen LogP contribution < -0.4 is 15.5 Å². The predicted molar refractivity (Wildman–Crippen MR) is 113 cm³/mol. The van der Waals surface area contributed by atoms with Crippen molar-refractivity contribution in [2.75, 3.05) is 51.4 Å². The van der Waals surface area contributed by atoms with Crippen LogP contribution in [0.2, 0.25) is 0 Å². The van der Waals surface area contributed by atoms with E-state index in [0.717, 1.165) is 15.5 Å². The van der Waals surface area contributed by atoms with Gasteiger partial charge in [-0.05, 0) is 38.2 Å². The lowest BCUT2D eigenvalue weighted by molar-refractivity contribution is -0.862. The van der Waals surface area contributed by atoms with Crippen LogP contribution in [0.15, 0.2) is 29.2 Å². The number of anilines is 1. The molecule has 1 heterocycles. The first-order chi connectivity index (χ1) is 13.9. The maximum atomic E-state index is 12.3. The molecule has 9 heteroatoms. The van der Waals surface area contributed by atoms with E-state index in [1.807, 2.05) is 37.6 Å². The second-order valence-corrected chi connectivity index (χ2v) is 7.93. The Morgan fingerprint density at radius 2 is 1.83 bits per heavy atom. The Balaban J connectivity index is 1.71. The molecule has 3 N–H and O–H groups in total. The molecule has 0 aromatic heterocycles. The average molecular weight is 424 g/mol. The lowest BCUT2D eigenvalue weighted by Gasteiger charge is -2.31. The number of amides is 3. The molecule has 1 saturated heterocycles. The standard InChI is InChI=1S/C20H30N4O4S/c1-4-28-20(27)24-11-9-15(10-12-24)21-18(25)13-23(2)14-19(26)22-16-7-5-6-8-17(16)29-3/h5-8,15H,4,9-14H2,1-3H3,(H,21,25)(H,22,26)/p+1. The number of ether oxygens (including phenoxy) is 1. The number of likely N-dealkylation sites (N-methyl/N-ethyl adjacent to an activating group) is 1. The van der Waals surface area contributed by atoms with Gasteiger partial charge in [0.2, 0.25) is 0 Å². The van der Waals surface area contributed by atoms with Crippen molar-refractivity contribution in [3.05, 3.63) is 24.3 Å². The zero-order valence-electron chi connectivity index (χ0n) is 17.3. The number of likely N-dealkylation sites (tertiary alicyclic amines) is 1. The molecule has 1 aliphatic rings. The third-order valence-electron chi connectivity index (χ3n) is 4.69. The number of benzene rings is 1. The van der Waals surface area contributed by atoms with E-state index in [1.54, 1.807) is 23.6 Å². The van der Waals surface area contributed by atoms with Gasteiger partial charge in [0.15, 0.2) is 13.1 Å². The third-order valence-corrected chi connectivity index (χ3v) is 5.49. The minimum absolute atomic E-state index is 0.0447. The van der Waals surface area contributed by atoms with Gasteiger partial charge in [-0.25, -0.2) is 4.79 Å². The zero-order chi connectivity index (χ0) is 21.2. The van der Waals surface area contributed by atoms with Crippen molar-refractivity contribution in [1.82, 2.24) is 10.2 Å². The first-order valence-electron chi connectivity index (χ1n) is 9.88. The Bertz CT molecular complexity index is 707. The summed E-state index contributed by atoms with van der Waals surface area (Å²) in [6.45, 7) is 3.72. The molecule has 1 atom stereocenters. The fourth-order valence-corrected chi connectivity index (χ4v) is 3.81. The summed E-state index contributed by atoms with van der Waals surface area (Å²) in [5, 5.41) is 5.92. The number of thioether (sulfide) groups is 1. The van der Waals surface area contributed by atoms with Crippen molar-refractivity contribution in [2.45, 2.75) is 30.7 Å². The van der Waals surface area contributed by atoms with Crippen molar-refractivity contribution >= 4 is 35.4 Å². The van der Waals surface area contributed by atoms with E-state index in [1.165, 1.54) is 0 Å². The maximum absolute atomic E-state index is 12.3. The lowest BCUT2D eigenvalue weighted by Crippen LogP contribution is -3.11. The van der Waals surface area contributed by atoms with Gasteiger partial charge in [0.25, 0.3) is 11.8 Å². The first kappa shape index (κ1) is 23.0. The van der Waals surface area contributed by atoms with Gasteiger partial charge in [0.05, 0.1) is 19.3 Å². The van der Waals surface area contributed by atoms with Crippen LogP contribution in [0, 0.1) is 0 Å². The number of hydrogen-bond donors (Lipinski definition) is 3. The number of para-hydroxylation sites is 1. The molecule has 0 saturated carbocycles. The van der Waals surface area contributed by atoms with Crippen molar-refractivity contribution < 1.29 is 24.0 Å². The second-order valence-electron chi connectivity index (χ2n) is 7.09. The van der Waals surface area contributed by atoms with Crippen LogP contribution in [0.5, 0.6) is 0 Å². The summed E-state index contributed by atoms with van der Waals surface area (Å²) in [7, 11) is 1.82. The van der Waals surface area contributed by atoms with E-state index in [-0.39, 0.29) is 37.0 Å². The van der Waals surface area contributed by atoms with Crippen LogP contribution in [0.1, 0.15) is 19.8 Å². The van der Waals surface area contributed by atoms with Crippen LogP contribution in [0.25, 0.3) is 0 Å². The minimum atomic E-state index is -0.296. The molecule has 1 aromatic rings. The Hall–Kier alpha value is -2.26. The van der Waals surface area contributed by atoms with Crippen molar-refractivity contribution in [3.63, 3.8) is 0 Å². The second kappa shape index (κ2) is 11.7. The zero-order valence-corrected chi connectivity index (χ0v) is 18.1. The summed E-state index contributed by atoms with van der Waals surface area (Å²) >= 11 is 1.57. The van der Waals surface area contributed by atoms with Crippen LogP contribution >= 0.6 is 11.8 Å². The highest BCUT2D eigenvalue weighted by Gasteiger charge is 2.25. The highest BCUT2D eigenvalue weighted by atomic mass is 32.2. The van der Waals surface area contributed by atoms with Gasteiger partial charge in [0.1, 0.15) is 0 Å². The summed E-state index contributed by atoms with van der Waals surface area (Å²) in [6.07, 6.45) is 3.07. The maximum Gasteiger partial charge on any atom is 0.409 e. The van der Waals surface area contributed by atoms with Gasteiger partial charge in [0, 0.05) is 24.0 Å². The van der Waals surface area contributed by atoms with E-state index in [2.05, 4.69) is 10.6 Å². The van der Waals surface area contributed by atoms with Gasteiger partial charge >= 0.3 is 6.09 Å². The van der Waals surface area contributed by atoms with Crippen LogP contribution in [-0.2, 0) is 14.3 Å². The monoisotopic (exact) mass is 423 g/mol. The summed E-state index contributed by atoms with van der Waals surface area (Å²) in [6, 6.07) is 7.68. The molecular weight excluding hydrogens is 392 g/mol. The number of hydrogen-bond acceptors (Lipinski definition) is 5. The Kier molecular flexibility index (Phi) is 9.27. The molecule has 0 radical (unpaired) electrons. The highest BCUT2D eigenvalue weighted by Crippen LogP contribution is 2.24. The van der Waals surface area contributed by atoms with Gasteiger partial charge in [-0.3, -0.25) is 9.59 Å². The Labute approximate surface area is 176 Å².